The van der Waals surface area contributed by atoms with E-state index in [0.717, 1.165) is 5.56 Å². The number of nitrogens with zero attached hydrogens (tertiary/aromatic N) is 1. The maximum Gasteiger partial charge on any atom is 0.355 e. The average molecular weight is 371 g/mol. The lowest BCUT2D eigenvalue weighted by atomic mass is 10.2. The molecule has 2 aromatic rings. The number of carbonyl (C=O) groups excluding carboxylic acids is 4. The number of hydrogen-bond donors (Lipinski definition) is 2. The molecule has 27 heavy (non-hydrogen) atoms. The van der Waals surface area contributed by atoms with Crippen LogP contribution in [0.1, 0.15) is 40.3 Å². The Morgan fingerprint density at radius 3 is 2.41 bits per heavy atom. The molecule has 0 aliphatic rings. The molecule has 8 nitrogen and oxygen atoms in total. The van der Waals surface area contributed by atoms with Crippen molar-refractivity contribution in [1.82, 2.24) is 15.2 Å². The topological polar surface area (TPSA) is 106 Å². The number of esters is 1. The Morgan fingerprint density at radius 2 is 1.81 bits per heavy atom. The fourth-order valence-electron chi connectivity index (χ4n) is 2.27. The van der Waals surface area contributed by atoms with Crippen LogP contribution >= 0.6 is 0 Å². The molecular weight excluding hydrogens is 350 g/mol. The van der Waals surface area contributed by atoms with Crippen LogP contribution in [0.15, 0.2) is 42.6 Å². The van der Waals surface area contributed by atoms with E-state index in [2.05, 4.69) is 10.6 Å². The average Bonchev–Trinajstić information content (AvgIpc) is 3.03. The number of ether oxygens (including phenoxy) is 1. The van der Waals surface area contributed by atoms with Crippen LogP contribution in [0.5, 0.6) is 0 Å². The minimum atomic E-state index is -1.18. The Hall–Kier alpha value is -3.42. The van der Waals surface area contributed by atoms with Crippen molar-refractivity contribution in [3.8, 4) is 0 Å². The maximum absolute atomic E-state index is 12.2. The van der Waals surface area contributed by atoms with Crippen LogP contribution in [0.25, 0.3) is 0 Å². The molecule has 0 saturated carbocycles. The zero-order chi connectivity index (χ0) is 20.0. The summed E-state index contributed by atoms with van der Waals surface area (Å²) in [6.07, 6.45) is 0.316. The molecule has 8 heteroatoms. The molecule has 142 valence electrons. The number of aromatic nitrogens is 1. The normalized spacial score (nSPS) is 11.4. The van der Waals surface area contributed by atoms with Crippen LogP contribution in [0.3, 0.4) is 0 Å². The zero-order valence-corrected chi connectivity index (χ0v) is 15.3. The van der Waals surface area contributed by atoms with Crippen LogP contribution < -0.4 is 10.6 Å². The minimum Gasteiger partial charge on any atom is -0.448 e. The van der Waals surface area contributed by atoms with Gasteiger partial charge in [-0.2, -0.15) is 0 Å². The standard InChI is InChI=1S/C19H21N3O5/c1-12(23)15-9-16(22(3)11-15)18(25)27-13(2)17(24)21-19(26)20-10-14-7-5-4-6-8-14/h4-9,11,13H,10H2,1-3H3,(H2,20,21,24,26)/t13-/m1/s1. The second-order valence-electron chi connectivity index (χ2n) is 5.99. The van der Waals surface area contributed by atoms with E-state index in [9.17, 15) is 19.2 Å². The van der Waals surface area contributed by atoms with Gasteiger partial charge in [0.15, 0.2) is 11.9 Å². The van der Waals surface area contributed by atoms with E-state index in [-0.39, 0.29) is 18.0 Å². The molecular formula is C19H21N3O5. The minimum absolute atomic E-state index is 0.133. The molecule has 0 unspecified atom stereocenters. The molecule has 1 heterocycles. The molecule has 2 N–H and O–H groups in total. The Balaban J connectivity index is 1.86. The van der Waals surface area contributed by atoms with Crippen molar-refractivity contribution in [3.05, 3.63) is 59.4 Å². The summed E-state index contributed by atoms with van der Waals surface area (Å²) in [5.74, 6) is -1.71. The predicted molar refractivity (Wildman–Crippen MR) is 97.1 cm³/mol. The van der Waals surface area contributed by atoms with Gasteiger partial charge in [0.05, 0.1) is 0 Å². The smallest absolute Gasteiger partial charge is 0.355 e. The van der Waals surface area contributed by atoms with Crippen molar-refractivity contribution in [2.75, 3.05) is 0 Å². The summed E-state index contributed by atoms with van der Waals surface area (Å²) in [4.78, 5) is 47.4. The predicted octanol–water partition coefficient (Wildman–Crippen LogP) is 1.80. The van der Waals surface area contributed by atoms with E-state index in [1.165, 1.54) is 30.7 Å². The Labute approximate surface area is 156 Å². The fourth-order valence-corrected chi connectivity index (χ4v) is 2.27. The van der Waals surface area contributed by atoms with Gasteiger partial charge in [-0.15, -0.1) is 0 Å². The Kier molecular flexibility index (Phi) is 6.48. The molecule has 1 aromatic carbocycles. The van der Waals surface area contributed by atoms with E-state index >= 15 is 0 Å². The number of nitrogens with one attached hydrogen (secondary N) is 2. The maximum atomic E-state index is 12.2. The lowest BCUT2D eigenvalue weighted by Crippen LogP contribution is -2.44. The van der Waals surface area contributed by atoms with E-state index < -0.39 is 24.0 Å². The molecule has 1 atom stereocenters. The van der Waals surface area contributed by atoms with Crippen LogP contribution in [0.2, 0.25) is 0 Å². The van der Waals surface area contributed by atoms with Gasteiger partial charge in [-0.1, -0.05) is 30.3 Å². The van der Waals surface area contributed by atoms with Crippen molar-refractivity contribution in [2.45, 2.75) is 26.5 Å². The summed E-state index contributed by atoms with van der Waals surface area (Å²) in [5, 5.41) is 4.66. The van der Waals surface area contributed by atoms with Crippen LogP contribution in [0.4, 0.5) is 4.79 Å². The van der Waals surface area contributed by atoms with Crippen LogP contribution in [0, 0.1) is 0 Å². The number of imide groups is 1. The first-order valence-electron chi connectivity index (χ1n) is 8.29. The molecule has 0 aliphatic heterocycles. The van der Waals surface area contributed by atoms with Crippen molar-refractivity contribution in [2.24, 2.45) is 7.05 Å². The largest absolute Gasteiger partial charge is 0.448 e. The summed E-state index contributed by atoms with van der Waals surface area (Å²) in [5.41, 5.74) is 1.37. The summed E-state index contributed by atoms with van der Waals surface area (Å²) < 4.78 is 6.51. The second-order valence-corrected chi connectivity index (χ2v) is 5.99. The van der Waals surface area contributed by atoms with Crippen molar-refractivity contribution in [1.29, 1.82) is 0 Å². The number of hydrogen-bond acceptors (Lipinski definition) is 5. The number of amides is 3. The van der Waals surface area contributed by atoms with Crippen molar-refractivity contribution < 1.29 is 23.9 Å². The van der Waals surface area contributed by atoms with Gasteiger partial charge in [-0.3, -0.25) is 14.9 Å². The van der Waals surface area contributed by atoms with Gasteiger partial charge in [0.25, 0.3) is 5.91 Å². The molecule has 0 radical (unpaired) electrons. The lowest BCUT2D eigenvalue weighted by Gasteiger charge is -2.13. The van der Waals surface area contributed by atoms with E-state index in [0.29, 0.717) is 5.56 Å². The third-order valence-corrected chi connectivity index (χ3v) is 3.81. The Morgan fingerprint density at radius 1 is 1.15 bits per heavy atom. The molecule has 0 spiro atoms. The highest BCUT2D eigenvalue weighted by Gasteiger charge is 2.23. The SMILES string of the molecule is CC(=O)c1cc(C(=O)O[C@H](C)C(=O)NC(=O)NCc2ccccc2)n(C)c1. The summed E-state index contributed by atoms with van der Waals surface area (Å²) in [6.45, 7) is 2.99. The van der Waals surface area contributed by atoms with Gasteiger partial charge in [0.1, 0.15) is 5.69 Å². The first kappa shape index (κ1) is 19.9. The molecule has 3 amide bonds. The van der Waals surface area contributed by atoms with Gasteiger partial charge >= 0.3 is 12.0 Å². The third-order valence-electron chi connectivity index (χ3n) is 3.81. The summed E-state index contributed by atoms with van der Waals surface area (Å²) >= 11 is 0. The zero-order valence-electron chi connectivity index (χ0n) is 15.3. The van der Waals surface area contributed by atoms with E-state index in [4.69, 9.17) is 4.74 Å². The molecule has 1 aromatic heterocycles. The number of rotatable bonds is 6. The second kappa shape index (κ2) is 8.79. The highest BCUT2D eigenvalue weighted by atomic mass is 16.5. The summed E-state index contributed by atoms with van der Waals surface area (Å²) in [7, 11) is 1.59. The van der Waals surface area contributed by atoms with Gasteiger partial charge in [-0.05, 0) is 25.5 Å². The highest BCUT2D eigenvalue weighted by molar-refractivity contribution is 6.00. The van der Waals surface area contributed by atoms with Gasteiger partial charge in [0.2, 0.25) is 0 Å². The monoisotopic (exact) mass is 371 g/mol. The molecule has 0 bridgehead atoms. The van der Waals surface area contributed by atoms with Crippen molar-refractivity contribution in [3.63, 3.8) is 0 Å². The number of Topliss-reactive ketones (excluding diaryl/α,β-unsaturated/α-hetero) is 1. The number of ketones is 1. The third kappa shape index (κ3) is 5.53. The fraction of sp³-hybridized carbons (Fsp3) is 0.263. The number of urea groups is 1. The van der Waals surface area contributed by atoms with Gasteiger partial charge < -0.3 is 14.6 Å². The van der Waals surface area contributed by atoms with Gasteiger partial charge in [-0.25, -0.2) is 9.59 Å². The lowest BCUT2D eigenvalue weighted by molar-refractivity contribution is -0.127. The van der Waals surface area contributed by atoms with Crippen LogP contribution in [-0.2, 0) is 23.1 Å². The number of carbonyl (C=O) groups is 4. The first-order valence-corrected chi connectivity index (χ1v) is 8.29. The van der Waals surface area contributed by atoms with Crippen LogP contribution in [-0.4, -0.2) is 34.4 Å². The van der Waals surface area contributed by atoms with Gasteiger partial charge in [0, 0.05) is 25.4 Å². The molecule has 0 aliphatic carbocycles. The number of benzene rings is 1. The highest BCUT2D eigenvalue weighted by Crippen LogP contribution is 2.10. The van der Waals surface area contributed by atoms with E-state index in [1.54, 1.807) is 7.05 Å². The van der Waals surface area contributed by atoms with Crippen molar-refractivity contribution >= 4 is 23.7 Å². The molecule has 0 saturated heterocycles. The first-order chi connectivity index (χ1) is 12.8. The Bertz CT molecular complexity index is 857. The molecule has 2 rings (SSSR count). The number of aryl methyl sites for hydroxylation is 1. The quantitative estimate of drug-likeness (QED) is 0.595. The van der Waals surface area contributed by atoms with E-state index in [1.807, 2.05) is 30.3 Å². The summed E-state index contributed by atoms with van der Waals surface area (Å²) in [6, 6.07) is 9.90. The molecule has 0 fully saturated rings.